The molecule has 0 aromatic heterocycles. The van der Waals surface area contributed by atoms with Gasteiger partial charge in [-0.15, -0.1) is 0 Å². The summed E-state index contributed by atoms with van der Waals surface area (Å²) in [5, 5.41) is 14.1. The van der Waals surface area contributed by atoms with E-state index < -0.39 is 5.92 Å². The predicted octanol–water partition coefficient (Wildman–Crippen LogP) is 5.31. The Kier molecular flexibility index (Phi) is 5.19. The highest BCUT2D eigenvalue weighted by atomic mass is 79.9. The molecule has 0 spiro atoms. The summed E-state index contributed by atoms with van der Waals surface area (Å²) in [7, 11) is 0. The Bertz CT molecular complexity index is 1050. The molecule has 0 unspecified atom stereocenters. The van der Waals surface area contributed by atoms with Gasteiger partial charge in [-0.3, -0.25) is 4.79 Å². The van der Waals surface area contributed by atoms with Crippen LogP contribution in [-0.2, 0) is 4.79 Å². The van der Waals surface area contributed by atoms with Gasteiger partial charge in [0.25, 0.3) is 5.91 Å². The van der Waals surface area contributed by atoms with Gasteiger partial charge in [-0.1, -0.05) is 52.3 Å². The first-order valence-corrected chi connectivity index (χ1v) is 10.00. The lowest BCUT2D eigenvalue weighted by Gasteiger charge is -2.26. The van der Waals surface area contributed by atoms with E-state index in [0.717, 1.165) is 15.6 Å². The van der Waals surface area contributed by atoms with Crippen molar-refractivity contribution in [2.24, 2.45) is 5.10 Å². The van der Waals surface area contributed by atoms with Gasteiger partial charge in [0.2, 0.25) is 0 Å². The Hall–Kier alpha value is -2.64. The van der Waals surface area contributed by atoms with Crippen molar-refractivity contribution in [3.63, 3.8) is 0 Å². The molecular weight excluding hydrogens is 488 g/mol. The highest BCUT2D eigenvalue weighted by Gasteiger charge is 2.32. The average Bonchev–Trinajstić information content (AvgIpc) is 2.69. The fraction of sp³-hybridized carbons (Fsp3) is 0.0476. The number of phenols is 1. The van der Waals surface area contributed by atoms with Crippen LogP contribution in [0, 0.1) is 0 Å². The minimum Gasteiger partial charge on any atom is -0.506 e. The van der Waals surface area contributed by atoms with Gasteiger partial charge in [0, 0.05) is 21.2 Å². The SMILES string of the molecule is O=C(NN=Cc1cc(Br)cc(Br)c1O)C1c2ccccc2Oc2ccccc21. The number of hydrogen-bond donors (Lipinski definition) is 2. The standard InChI is InChI=1S/C21H14Br2N2O3/c22-13-9-12(20(26)16(23)10-13)11-24-25-21(27)19-14-5-1-3-7-17(14)28-18-8-4-2-6-15(18)19/h1-11,19,26H,(H,25,27). The minimum atomic E-state index is -0.541. The zero-order valence-electron chi connectivity index (χ0n) is 14.4. The summed E-state index contributed by atoms with van der Waals surface area (Å²) in [6, 6.07) is 18.3. The van der Waals surface area contributed by atoms with Crippen LogP contribution < -0.4 is 10.2 Å². The molecular formula is C21H14Br2N2O3. The monoisotopic (exact) mass is 500 g/mol. The van der Waals surface area contributed by atoms with Gasteiger partial charge in [0.05, 0.1) is 16.6 Å². The molecule has 3 aromatic carbocycles. The van der Waals surface area contributed by atoms with Crippen molar-refractivity contribution in [3.05, 3.63) is 86.3 Å². The molecule has 3 aromatic rings. The lowest BCUT2D eigenvalue weighted by Crippen LogP contribution is -2.28. The first-order chi connectivity index (χ1) is 13.5. The summed E-state index contributed by atoms with van der Waals surface area (Å²) in [6.07, 6.45) is 1.40. The average molecular weight is 502 g/mol. The number of amides is 1. The molecule has 1 aliphatic rings. The lowest BCUT2D eigenvalue weighted by atomic mass is 9.87. The smallest absolute Gasteiger partial charge is 0.252 e. The van der Waals surface area contributed by atoms with Gasteiger partial charge < -0.3 is 9.84 Å². The second-order valence-electron chi connectivity index (χ2n) is 6.17. The van der Waals surface area contributed by atoms with Crippen LogP contribution in [-0.4, -0.2) is 17.2 Å². The van der Waals surface area contributed by atoms with Gasteiger partial charge >= 0.3 is 0 Å². The zero-order chi connectivity index (χ0) is 19.7. The van der Waals surface area contributed by atoms with Crippen molar-refractivity contribution < 1.29 is 14.6 Å². The third-order valence-corrected chi connectivity index (χ3v) is 5.44. The number of nitrogens with zero attached hydrogens (tertiary/aromatic N) is 1. The first kappa shape index (κ1) is 18.7. The van der Waals surface area contributed by atoms with E-state index in [1.165, 1.54) is 6.21 Å². The molecule has 0 atom stereocenters. The number of nitrogens with one attached hydrogen (secondary N) is 1. The number of ether oxygens (including phenoxy) is 1. The van der Waals surface area contributed by atoms with Crippen molar-refractivity contribution in [2.75, 3.05) is 0 Å². The van der Waals surface area contributed by atoms with Gasteiger partial charge in [-0.05, 0) is 40.2 Å². The van der Waals surface area contributed by atoms with E-state index in [4.69, 9.17) is 4.74 Å². The maximum atomic E-state index is 13.0. The molecule has 1 amide bonds. The first-order valence-electron chi connectivity index (χ1n) is 8.41. The van der Waals surface area contributed by atoms with E-state index >= 15 is 0 Å². The molecule has 5 nitrogen and oxygen atoms in total. The normalized spacial score (nSPS) is 12.9. The van der Waals surface area contributed by atoms with E-state index in [1.807, 2.05) is 48.5 Å². The molecule has 28 heavy (non-hydrogen) atoms. The van der Waals surface area contributed by atoms with Crippen LogP contribution in [0.2, 0.25) is 0 Å². The Morgan fingerprint density at radius 1 is 1.04 bits per heavy atom. The number of aromatic hydroxyl groups is 1. The third kappa shape index (κ3) is 3.55. The topological polar surface area (TPSA) is 70.9 Å². The molecule has 1 heterocycles. The van der Waals surface area contributed by atoms with Crippen LogP contribution in [0.4, 0.5) is 0 Å². The van der Waals surface area contributed by atoms with Crippen LogP contribution in [0.15, 0.2) is 74.7 Å². The number of phenolic OH excluding ortho intramolecular Hbond substituents is 1. The maximum absolute atomic E-state index is 13.0. The fourth-order valence-corrected chi connectivity index (χ4v) is 4.36. The molecule has 0 fully saturated rings. The number of fused-ring (bicyclic) bond motifs is 2. The van der Waals surface area contributed by atoms with Gasteiger partial charge in [-0.25, -0.2) is 5.43 Å². The Labute approximate surface area is 178 Å². The molecule has 1 aliphatic heterocycles. The second kappa shape index (κ2) is 7.77. The van der Waals surface area contributed by atoms with E-state index in [2.05, 4.69) is 42.4 Å². The Morgan fingerprint density at radius 3 is 2.29 bits per heavy atom. The molecule has 140 valence electrons. The number of hydrogen-bond acceptors (Lipinski definition) is 4. The summed E-state index contributed by atoms with van der Waals surface area (Å²) in [4.78, 5) is 13.0. The highest BCUT2D eigenvalue weighted by Crippen LogP contribution is 2.43. The third-order valence-electron chi connectivity index (χ3n) is 4.38. The van der Waals surface area contributed by atoms with Crippen molar-refractivity contribution in [2.45, 2.75) is 5.92 Å². The fourth-order valence-electron chi connectivity index (χ4n) is 3.11. The Balaban J connectivity index is 1.62. The zero-order valence-corrected chi connectivity index (χ0v) is 17.6. The number of para-hydroxylation sites is 2. The summed E-state index contributed by atoms with van der Waals surface area (Å²) >= 11 is 6.64. The van der Waals surface area contributed by atoms with E-state index in [-0.39, 0.29) is 11.7 Å². The van der Waals surface area contributed by atoms with Crippen LogP contribution in [0.1, 0.15) is 22.6 Å². The van der Waals surface area contributed by atoms with Crippen molar-refractivity contribution in [1.82, 2.24) is 5.43 Å². The lowest BCUT2D eigenvalue weighted by molar-refractivity contribution is -0.121. The minimum absolute atomic E-state index is 0.0444. The van der Waals surface area contributed by atoms with Crippen LogP contribution in [0.25, 0.3) is 0 Å². The Morgan fingerprint density at radius 2 is 1.64 bits per heavy atom. The van der Waals surface area contributed by atoms with Crippen LogP contribution >= 0.6 is 31.9 Å². The number of hydrazone groups is 1. The number of carbonyl (C=O) groups excluding carboxylic acids is 1. The van der Waals surface area contributed by atoms with Crippen molar-refractivity contribution >= 4 is 44.0 Å². The largest absolute Gasteiger partial charge is 0.506 e. The van der Waals surface area contributed by atoms with Crippen LogP contribution in [0.5, 0.6) is 17.2 Å². The second-order valence-corrected chi connectivity index (χ2v) is 7.94. The van der Waals surface area contributed by atoms with E-state index in [9.17, 15) is 9.90 Å². The number of benzene rings is 3. The molecule has 0 aliphatic carbocycles. The molecule has 0 saturated heterocycles. The van der Waals surface area contributed by atoms with E-state index in [1.54, 1.807) is 12.1 Å². The maximum Gasteiger partial charge on any atom is 0.252 e. The number of carbonyl (C=O) groups is 1. The van der Waals surface area contributed by atoms with Gasteiger partial charge in [-0.2, -0.15) is 5.10 Å². The molecule has 7 heteroatoms. The van der Waals surface area contributed by atoms with E-state index in [0.29, 0.717) is 21.5 Å². The van der Waals surface area contributed by atoms with Crippen LogP contribution in [0.3, 0.4) is 0 Å². The summed E-state index contributed by atoms with van der Waals surface area (Å²) < 4.78 is 7.22. The number of rotatable bonds is 3. The molecule has 0 saturated carbocycles. The summed E-state index contributed by atoms with van der Waals surface area (Å²) in [5.41, 5.74) is 4.61. The molecule has 0 radical (unpaired) electrons. The van der Waals surface area contributed by atoms with Crippen molar-refractivity contribution in [3.8, 4) is 17.2 Å². The van der Waals surface area contributed by atoms with Gasteiger partial charge in [0.1, 0.15) is 17.2 Å². The summed E-state index contributed by atoms with van der Waals surface area (Å²) in [6.45, 7) is 0. The predicted molar refractivity (Wildman–Crippen MR) is 114 cm³/mol. The van der Waals surface area contributed by atoms with Gasteiger partial charge in [0.15, 0.2) is 0 Å². The quantitative estimate of drug-likeness (QED) is 0.377. The van der Waals surface area contributed by atoms with Crippen molar-refractivity contribution in [1.29, 1.82) is 0 Å². The molecule has 4 rings (SSSR count). The highest BCUT2D eigenvalue weighted by molar-refractivity contribution is 9.11. The molecule has 2 N–H and O–H groups in total. The number of halogens is 2. The molecule has 0 bridgehead atoms. The summed E-state index contributed by atoms with van der Waals surface area (Å²) in [5.74, 6) is 0.523.